The van der Waals surface area contributed by atoms with Gasteiger partial charge >= 0.3 is 0 Å². The molecule has 5 nitrogen and oxygen atoms in total. The summed E-state index contributed by atoms with van der Waals surface area (Å²) < 4.78 is 33.8. The Kier molecular flexibility index (Phi) is 8.03. The van der Waals surface area contributed by atoms with Gasteiger partial charge in [0.05, 0.1) is 17.2 Å². The molecule has 33 heavy (non-hydrogen) atoms. The zero-order valence-electron chi connectivity index (χ0n) is 20.2. The van der Waals surface area contributed by atoms with Crippen LogP contribution in [0.5, 0.6) is 5.75 Å². The van der Waals surface area contributed by atoms with Crippen LogP contribution in [0.4, 0.5) is 11.4 Å². The maximum Gasteiger partial charge on any atom is 0.189 e. The van der Waals surface area contributed by atoms with Gasteiger partial charge in [0.15, 0.2) is 9.84 Å². The van der Waals surface area contributed by atoms with E-state index in [1.807, 2.05) is 74.4 Å². The summed E-state index contributed by atoms with van der Waals surface area (Å²) in [5, 5.41) is -0.846. The van der Waals surface area contributed by atoms with Crippen molar-refractivity contribution in [3.8, 4) is 5.75 Å². The van der Waals surface area contributed by atoms with E-state index >= 15 is 0 Å². The number of nitrogens with zero attached hydrogens (tertiary/aromatic N) is 2. The molecule has 0 aromatic heterocycles. The Bertz CT molecular complexity index is 1140. The molecular weight excluding hydrogens is 432 g/mol. The number of hydrogen-bond acceptors (Lipinski definition) is 5. The number of hydrogen-bond donors (Lipinski definition) is 0. The highest BCUT2D eigenvalue weighted by Gasteiger charge is 2.31. The van der Waals surface area contributed by atoms with Crippen LogP contribution in [-0.4, -0.2) is 42.2 Å². The average Bonchev–Trinajstić information content (AvgIpc) is 2.82. The molecule has 6 heteroatoms. The third kappa shape index (κ3) is 5.33. The molecule has 0 saturated heterocycles. The summed E-state index contributed by atoms with van der Waals surface area (Å²) in [5.41, 5.74) is 3.41. The van der Waals surface area contributed by atoms with E-state index in [4.69, 9.17) is 4.74 Å². The van der Waals surface area contributed by atoms with E-state index in [2.05, 4.69) is 18.7 Å². The number of benzene rings is 3. The van der Waals surface area contributed by atoms with Gasteiger partial charge in [-0.1, -0.05) is 36.4 Å². The Morgan fingerprint density at radius 3 is 1.97 bits per heavy atom. The lowest BCUT2D eigenvalue weighted by Crippen LogP contribution is -2.23. The van der Waals surface area contributed by atoms with Crippen LogP contribution in [0.15, 0.2) is 77.7 Å². The molecule has 0 spiro atoms. The van der Waals surface area contributed by atoms with Gasteiger partial charge in [0.25, 0.3) is 0 Å². The van der Waals surface area contributed by atoms with Gasteiger partial charge in [-0.3, -0.25) is 0 Å². The summed E-state index contributed by atoms with van der Waals surface area (Å²) in [5.74, 6) is 0.705. The smallest absolute Gasteiger partial charge is 0.189 e. The minimum Gasteiger partial charge on any atom is -0.492 e. The van der Waals surface area contributed by atoms with Crippen LogP contribution in [0.2, 0.25) is 0 Å². The molecule has 0 fully saturated rings. The van der Waals surface area contributed by atoms with Crippen molar-refractivity contribution in [2.45, 2.75) is 30.9 Å². The Morgan fingerprint density at radius 1 is 0.818 bits per heavy atom. The third-order valence-corrected chi connectivity index (χ3v) is 7.88. The van der Waals surface area contributed by atoms with Gasteiger partial charge in [-0.25, -0.2) is 8.42 Å². The zero-order chi connectivity index (χ0) is 24.0. The second-order valence-electron chi connectivity index (χ2n) is 8.06. The fourth-order valence-electron chi connectivity index (χ4n) is 4.03. The summed E-state index contributed by atoms with van der Waals surface area (Å²) >= 11 is 0. The molecule has 1 unspecified atom stereocenters. The summed E-state index contributed by atoms with van der Waals surface area (Å²) in [6.45, 7) is 8.33. The standard InChI is InChI=1S/C27H34N2O3S/c1-6-29(7-2)25-19-16-22(20-26(25)32-8-3)27(21-14-17-23(18-15-21)28(4)5)33(30,31)24-12-10-9-11-13-24/h9-20,27H,6-8H2,1-5H3. The summed E-state index contributed by atoms with van der Waals surface area (Å²) in [7, 11) is 0.233. The van der Waals surface area contributed by atoms with Crippen LogP contribution in [-0.2, 0) is 9.84 Å². The van der Waals surface area contributed by atoms with E-state index in [-0.39, 0.29) is 0 Å². The van der Waals surface area contributed by atoms with E-state index in [0.717, 1.165) is 30.0 Å². The monoisotopic (exact) mass is 466 g/mol. The molecule has 0 aliphatic rings. The molecular formula is C27H34N2O3S. The van der Waals surface area contributed by atoms with Crippen LogP contribution in [0.25, 0.3) is 0 Å². The molecule has 3 rings (SSSR count). The van der Waals surface area contributed by atoms with Crippen LogP contribution >= 0.6 is 0 Å². The van der Waals surface area contributed by atoms with Crippen molar-refractivity contribution < 1.29 is 13.2 Å². The minimum absolute atomic E-state index is 0.303. The molecule has 0 bridgehead atoms. The molecule has 3 aromatic rings. The van der Waals surface area contributed by atoms with Crippen molar-refractivity contribution in [2.75, 3.05) is 43.6 Å². The van der Waals surface area contributed by atoms with Gasteiger partial charge in [-0.15, -0.1) is 0 Å². The van der Waals surface area contributed by atoms with Gasteiger partial charge in [0.2, 0.25) is 0 Å². The normalized spacial score (nSPS) is 12.3. The van der Waals surface area contributed by atoms with Crippen LogP contribution in [0.1, 0.15) is 37.1 Å². The lowest BCUT2D eigenvalue weighted by molar-refractivity contribution is 0.340. The Hall–Kier alpha value is -2.99. The lowest BCUT2D eigenvalue weighted by Gasteiger charge is -2.26. The summed E-state index contributed by atoms with van der Waals surface area (Å²) in [4.78, 5) is 4.51. The van der Waals surface area contributed by atoms with E-state index in [1.165, 1.54) is 0 Å². The van der Waals surface area contributed by atoms with Crippen molar-refractivity contribution in [2.24, 2.45) is 0 Å². The first-order valence-electron chi connectivity index (χ1n) is 11.4. The predicted octanol–water partition coefficient (Wildman–Crippen LogP) is 5.56. The van der Waals surface area contributed by atoms with Crippen molar-refractivity contribution in [1.82, 2.24) is 0 Å². The predicted molar refractivity (Wildman–Crippen MR) is 137 cm³/mol. The molecule has 1 atom stereocenters. The molecule has 0 saturated carbocycles. The molecule has 3 aromatic carbocycles. The highest BCUT2D eigenvalue weighted by Crippen LogP contribution is 2.39. The SMILES string of the molecule is CCOc1cc(C(c2ccc(N(C)C)cc2)S(=O)(=O)c2ccccc2)ccc1N(CC)CC. The molecule has 0 N–H and O–H groups in total. The Balaban J connectivity index is 2.20. The van der Waals surface area contributed by atoms with Crippen molar-refractivity contribution in [3.63, 3.8) is 0 Å². The first-order valence-corrected chi connectivity index (χ1v) is 13.0. The van der Waals surface area contributed by atoms with Crippen molar-refractivity contribution >= 4 is 21.2 Å². The molecule has 0 aliphatic heterocycles. The van der Waals surface area contributed by atoms with Gasteiger partial charge < -0.3 is 14.5 Å². The van der Waals surface area contributed by atoms with E-state index in [1.54, 1.807) is 24.3 Å². The second kappa shape index (κ2) is 10.8. The zero-order valence-corrected chi connectivity index (χ0v) is 21.0. The first-order chi connectivity index (χ1) is 15.8. The maximum absolute atomic E-state index is 13.9. The van der Waals surface area contributed by atoms with E-state index in [0.29, 0.717) is 22.8 Å². The average molecular weight is 467 g/mol. The largest absolute Gasteiger partial charge is 0.492 e. The van der Waals surface area contributed by atoms with Gasteiger partial charge in [0.1, 0.15) is 11.0 Å². The van der Waals surface area contributed by atoms with Gasteiger partial charge in [-0.2, -0.15) is 0 Å². The topological polar surface area (TPSA) is 49.9 Å². The second-order valence-corrected chi connectivity index (χ2v) is 10.1. The minimum atomic E-state index is -3.70. The van der Waals surface area contributed by atoms with Crippen molar-refractivity contribution in [3.05, 3.63) is 83.9 Å². The Labute approximate surface area is 198 Å². The third-order valence-electron chi connectivity index (χ3n) is 5.78. The molecule has 0 radical (unpaired) electrons. The highest BCUT2D eigenvalue weighted by atomic mass is 32.2. The number of sulfone groups is 1. The quantitative estimate of drug-likeness (QED) is 0.391. The number of rotatable bonds is 10. The van der Waals surface area contributed by atoms with Crippen molar-refractivity contribution in [1.29, 1.82) is 0 Å². The van der Waals surface area contributed by atoms with E-state index < -0.39 is 15.1 Å². The van der Waals surface area contributed by atoms with Gasteiger partial charge in [-0.05, 0) is 68.3 Å². The molecule has 176 valence electrons. The first kappa shape index (κ1) is 24.6. The Morgan fingerprint density at radius 2 is 1.42 bits per heavy atom. The summed E-state index contributed by atoms with van der Waals surface area (Å²) in [6.07, 6.45) is 0. The summed E-state index contributed by atoms with van der Waals surface area (Å²) in [6, 6.07) is 22.2. The lowest BCUT2D eigenvalue weighted by atomic mass is 10.0. The maximum atomic E-state index is 13.9. The molecule has 0 aliphatic carbocycles. The number of ether oxygens (including phenoxy) is 1. The fraction of sp³-hybridized carbons (Fsp3) is 0.333. The highest BCUT2D eigenvalue weighted by molar-refractivity contribution is 7.91. The van der Waals surface area contributed by atoms with Crippen LogP contribution < -0.4 is 14.5 Å². The molecule has 0 heterocycles. The van der Waals surface area contributed by atoms with Crippen LogP contribution in [0.3, 0.4) is 0 Å². The number of anilines is 2. The van der Waals surface area contributed by atoms with Crippen LogP contribution in [0, 0.1) is 0 Å². The van der Waals surface area contributed by atoms with E-state index in [9.17, 15) is 8.42 Å². The fourth-order valence-corrected chi connectivity index (χ4v) is 5.86. The van der Waals surface area contributed by atoms with Gasteiger partial charge in [0, 0.05) is 32.9 Å². The molecule has 0 amide bonds.